The van der Waals surface area contributed by atoms with Crippen LogP contribution in [0.4, 0.5) is 0 Å². The highest BCUT2D eigenvalue weighted by Crippen LogP contribution is 2.32. The average molecular weight is 160 g/mol. The van der Waals surface area contributed by atoms with Gasteiger partial charge >= 0.3 is 0 Å². The van der Waals surface area contributed by atoms with Crippen LogP contribution in [0.15, 0.2) is 0 Å². The highest BCUT2D eigenvalue weighted by atomic mass is 32.2. The summed E-state index contributed by atoms with van der Waals surface area (Å²) in [6, 6.07) is 0. The maximum absolute atomic E-state index is 2.33. The molecule has 1 heteroatoms. The van der Waals surface area contributed by atoms with Gasteiger partial charge in [0.2, 0.25) is 0 Å². The van der Waals surface area contributed by atoms with E-state index in [1.807, 2.05) is 0 Å². The van der Waals surface area contributed by atoms with Gasteiger partial charge in [0, 0.05) is 4.75 Å². The molecule has 0 aromatic heterocycles. The molecule has 0 aliphatic carbocycles. The molecule has 0 radical (unpaired) electrons. The molecule has 0 fully saturated rings. The van der Waals surface area contributed by atoms with Crippen LogP contribution in [-0.4, -0.2) is 10.5 Å². The number of hydrogen-bond acceptors (Lipinski definition) is 1. The summed E-state index contributed by atoms with van der Waals surface area (Å²) in [6.45, 7) is 11.5. The van der Waals surface area contributed by atoms with E-state index in [0.717, 1.165) is 5.92 Å². The summed E-state index contributed by atoms with van der Waals surface area (Å²) in [7, 11) is 0. The molecule has 0 aliphatic rings. The Morgan fingerprint density at radius 1 is 1.30 bits per heavy atom. The molecular formula is C9H20S. The number of thioether (sulfide) groups is 1. The Kier molecular flexibility index (Phi) is 4.42. The van der Waals surface area contributed by atoms with Crippen molar-refractivity contribution in [1.82, 2.24) is 0 Å². The molecule has 0 aromatic rings. The van der Waals surface area contributed by atoms with Gasteiger partial charge in [-0.1, -0.05) is 34.6 Å². The summed E-state index contributed by atoms with van der Waals surface area (Å²) in [5.74, 6) is 2.08. The first-order chi connectivity index (χ1) is 4.50. The highest BCUT2D eigenvalue weighted by Gasteiger charge is 2.21. The zero-order chi connectivity index (χ0) is 8.20. The molecule has 0 rings (SSSR count). The highest BCUT2D eigenvalue weighted by molar-refractivity contribution is 8.00. The Labute approximate surface area is 69.8 Å². The molecule has 0 bridgehead atoms. The van der Waals surface area contributed by atoms with Crippen LogP contribution < -0.4 is 0 Å². The molecule has 0 spiro atoms. The monoisotopic (exact) mass is 160 g/mol. The molecule has 0 saturated heterocycles. The van der Waals surface area contributed by atoms with Gasteiger partial charge in [-0.15, -0.1) is 0 Å². The lowest BCUT2D eigenvalue weighted by Crippen LogP contribution is -2.22. The first-order valence-corrected chi connectivity index (χ1v) is 5.13. The van der Waals surface area contributed by atoms with E-state index in [9.17, 15) is 0 Å². The van der Waals surface area contributed by atoms with E-state index in [1.54, 1.807) is 0 Å². The number of rotatable bonds is 4. The topological polar surface area (TPSA) is 0 Å². The van der Waals surface area contributed by atoms with Gasteiger partial charge in [-0.25, -0.2) is 0 Å². The predicted molar refractivity (Wildman–Crippen MR) is 51.7 cm³/mol. The molecule has 0 nitrogen and oxygen atoms in total. The molecule has 62 valence electrons. The van der Waals surface area contributed by atoms with Gasteiger partial charge in [0.25, 0.3) is 0 Å². The van der Waals surface area contributed by atoms with E-state index in [2.05, 4.69) is 46.4 Å². The fourth-order valence-corrected chi connectivity index (χ4v) is 1.60. The van der Waals surface area contributed by atoms with E-state index in [1.165, 1.54) is 12.2 Å². The Hall–Kier alpha value is 0.350. The van der Waals surface area contributed by atoms with Crippen molar-refractivity contribution in [3.8, 4) is 0 Å². The maximum atomic E-state index is 2.33. The van der Waals surface area contributed by atoms with Crippen LogP contribution in [-0.2, 0) is 0 Å². The van der Waals surface area contributed by atoms with Gasteiger partial charge in [0.1, 0.15) is 0 Å². The third kappa shape index (κ3) is 3.50. The second kappa shape index (κ2) is 4.27. The van der Waals surface area contributed by atoms with Gasteiger partial charge < -0.3 is 0 Å². The van der Waals surface area contributed by atoms with Crippen molar-refractivity contribution in [3.05, 3.63) is 0 Å². The molecule has 0 amide bonds. The minimum atomic E-state index is 0.468. The zero-order valence-electron chi connectivity index (χ0n) is 7.90. The normalized spacial score (nSPS) is 12.6. The molecule has 0 unspecified atom stereocenters. The largest absolute Gasteiger partial charge is 0.155 e. The Morgan fingerprint density at radius 3 is 2.10 bits per heavy atom. The van der Waals surface area contributed by atoms with Crippen molar-refractivity contribution < 1.29 is 0 Å². The first kappa shape index (κ1) is 10.3. The lowest BCUT2D eigenvalue weighted by Gasteiger charge is -2.28. The van der Waals surface area contributed by atoms with E-state index in [4.69, 9.17) is 0 Å². The summed E-state index contributed by atoms with van der Waals surface area (Å²) in [5.41, 5.74) is 0. The van der Waals surface area contributed by atoms with Gasteiger partial charge in [0.05, 0.1) is 0 Å². The molecule has 0 saturated carbocycles. The fourth-order valence-electron chi connectivity index (χ4n) is 0.532. The zero-order valence-corrected chi connectivity index (χ0v) is 8.72. The standard InChI is InChI=1S/C9H20S/c1-6-7-10-9(4,5)8(2)3/h8H,6-7H2,1-5H3. The van der Waals surface area contributed by atoms with E-state index < -0.39 is 0 Å². The quantitative estimate of drug-likeness (QED) is 0.606. The summed E-state index contributed by atoms with van der Waals surface area (Å²) in [4.78, 5) is 0. The smallest absolute Gasteiger partial charge is 0.0126 e. The minimum Gasteiger partial charge on any atom is -0.155 e. The van der Waals surface area contributed by atoms with Gasteiger partial charge in [-0.05, 0) is 18.1 Å². The Morgan fingerprint density at radius 2 is 1.80 bits per heavy atom. The van der Waals surface area contributed by atoms with Gasteiger partial charge in [-0.3, -0.25) is 0 Å². The Balaban J connectivity index is 3.63. The molecule has 0 heterocycles. The molecular weight excluding hydrogens is 140 g/mol. The molecule has 10 heavy (non-hydrogen) atoms. The third-order valence-electron chi connectivity index (χ3n) is 2.07. The van der Waals surface area contributed by atoms with Crippen LogP contribution >= 0.6 is 11.8 Å². The molecule has 0 N–H and O–H groups in total. The predicted octanol–water partition coefficient (Wildman–Crippen LogP) is 3.56. The van der Waals surface area contributed by atoms with Crippen LogP contribution in [0.3, 0.4) is 0 Å². The summed E-state index contributed by atoms with van der Waals surface area (Å²) in [6.07, 6.45) is 1.29. The van der Waals surface area contributed by atoms with Crippen molar-refractivity contribution in [2.24, 2.45) is 5.92 Å². The summed E-state index contributed by atoms with van der Waals surface area (Å²) < 4.78 is 0.468. The maximum Gasteiger partial charge on any atom is 0.0126 e. The van der Waals surface area contributed by atoms with Crippen LogP contribution in [0.25, 0.3) is 0 Å². The average Bonchev–Trinajstić information content (AvgIpc) is 1.84. The lowest BCUT2D eigenvalue weighted by molar-refractivity contribution is 0.503. The SMILES string of the molecule is CCCSC(C)(C)C(C)C. The van der Waals surface area contributed by atoms with Crippen molar-refractivity contribution in [3.63, 3.8) is 0 Å². The van der Waals surface area contributed by atoms with Crippen molar-refractivity contribution >= 4 is 11.8 Å². The Bertz CT molecular complexity index is 84.7. The molecule has 0 aromatic carbocycles. The van der Waals surface area contributed by atoms with Crippen LogP contribution in [0, 0.1) is 5.92 Å². The van der Waals surface area contributed by atoms with E-state index in [-0.39, 0.29) is 0 Å². The van der Waals surface area contributed by atoms with Crippen molar-refractivity contribution in [2.75, 3.05) is 5.75 Å². The first-order valence-electron chi connectivity index (χ1n) is 4.14. The molecule has 0 atom stereocenters. The second-order valence-corrected chi connectivity index (χ2v) is 5.36. The lowest BCUT2D eigenvalue weighted by atomic mass is 10.00. The number of hydrogen-bond donors (Lipinski definition) is 0. The van der Waals surface area contributed by atoms with Crippen LogP contribution in [0.5, 0.6) is 0 Å². The van der Waals surface area contributed by atoms with Crippen LogP contribution in [0.2, 0.25) is 0 Å². The van der Waals surface area contributed by atoms with E-state index >= 15 is 0 Å². The summed E-state index contributed by atoms with van der Waals surface area (Å²) >= 11 is 2.09. The van der Waals surface area contributed by atoms with Crippen molar-refractivity contribution in [2.45, 2.75) is 45.8 Å². The van der Waals surface area contributed by atoms with Crippen LogP contribution in [0.1, 0.15) is 41.0 Å². The van der Waals surface area contributed by atoms with Crippen molar-refractivity contribution in [1.29, 1.82) is 0 Å². The third-order valence-corrected chi connectivity index (χ3v) is 3.90. The second-order valence-electron chi connectivity index (χ2n) is 3.61. The van der Waals surface area contributed by atoms with E-state index in [0.29, 0.717) is 4.75 Å². The molecule has 0 aliphatic heterocycles. The summed E-state index contributed by atoms with van der Waals surface area (Å²) in [5, 5.41) is 0. The minimum absolute atomic E-state index is 0.468. The van der Waals surface area contributed by atoms with Gasteiger partial charge in [-0.2, -0.15) is 11.8 Å². The van der Waals surface area contributed by atoms with Gasteiger partial charge in [0.15, 0.2) is 0 Å². The fraction of sp³-hybridized carbons (Fsp3) is 1.00.